The predicted octanol–water partition coefficient (Wildman–Crippen LogP) is 1.86. The SMILES string of the molecule is CC1CC(C[C@@H](NC(=O)N2CCC(n3c(=O)[nH]c4ncccc43)CC2)C(=O)N[C@@H](CC2CCN(CCN(C)C)CC2)C(=O)N2CCN(c3ccncc3)CC2)CC2CNNC12. The molecule has 6 atom stereocenters. The third kappa shape index (κ3) is 10.4. The number of aromatic amines is 1. The fourth-order valence-corrected chi connectivity index (χ4v) is 10.8. The zero-order valence-electron chi connectivity index (χ0n) is 36.3. The largest absolute Gasteiger partial charge is 0.368 e. The zero-order chi connectivity index (χ0) is 42.5. The molecular formula is C44H67N13O4. The van der Waals surface area contributed by atoms with Gasteiger partial charge in [0.1, 0.15) is 12.1 Å². The van der Waals surface area contributed by atoms with Crippen molar-refractivity contribution in [3.8, 4) is 0 Å². The summed E-state index contributed by atoms with van der Waals surface area (Å²) in [6.07, 6.45) is 11.4. The molecule has 7 heterocycles. The number of pyridine rings is 2. The topological polar surface area (TPSA) is 179 Å². The summed E-state index contributed by atoms with van der Waals surface area (Å²) in [5.74, 6) is 1.10. The Morgan fingerprint density at radius 3 is 2.33 bits per heavy atom. The van der Waals surface area contributed by atoms with Crippen molar-refractivity contribution in [2.75, 3.05) is 91.0 Å². The molecule has 61 heavy (non-hydrogen) atoms. The fraction of sp³-hybridized carbons (Fsp3) is 0.682. The van der Waals surface area contributed by atoms with Gasteiger partial charge in [0.25, 0.3) is 0 Å². The van der Waals surface area contributed by atoms with Crippen molar-refractivity contribution in [2.45, 2.75) is 82.5 Å². The molecule has 1 saturated carbocycles. The number of likely N-dealkylation sites (tertiary alicyclic amines) is 2. The Hall–Kier alpha value is -4.58. The molecule has 17 heteroatoms. The summed E-state index contributed by atoms with van der Waals surface area (Å²) >= 11 is 0. The molecule has 4 aliphatic heterocycles. The van der Waals surface area contributed by atoms with Crippen molar-refractivity contribution >= 4 is 34.7 Å². The first kappa shape index (κ1) is 43.1. The smallest absolute Gasteiger partial charge is 0.327 e. The molecule has 17 nitrogen and oxygen atoms in total. The van der Waals surface area contributed by atoms with Gasteiger partial charge in [-0.15, -0.1) is 0 Å². The molecule has 3 aromatic heterocycles. The fourth-order valence-electron chi connectivity index (χ4n) is 10.8. The number of carbonyl (C=O) groups is 3. The van der Waals surface area contributed by atoms with E-state index in [4.69, 9.17) is 0 Å². The number of fused-ring (bicyclic) bond motifs is 2. The van der Waals surface area contributed by atoms with Gasteiger partial charge in [0.15, 0.2) is 5.65 Å². The minimum atomic E-state index is -0.796. The number of nitrogens with zero attached hydrogens (tertiary/aromatic N) is 8. The van der Waals surface area contributed by atoms with Crippen LogP contribution in [0.2, 0.25) is 0 Å². The van der Waals surface area contributed by atoms with Gasteiger partial charge in [-0.1, -0.05) is 6.92 Å². The van der Waals surface area contributed by atoms with Crippen LogP contribution in [-0.4, -0.2) is 161 Å². The molecule has 5 N–H and O–H groups in total. The van der Waals surface area contributed by atoms with E-state index in [1.807, 2.05) is 29.2 Å². The molecule has 0 aromatic carbocycles. The Balaban J connectivity index is 0.964. The number of nitrogens with one attached hydrogen (secondary N) is 5. The molecule has 3 aromatic rings. The lowest BCUT2D eigenvalue weighted by Crippen LogP contribution is -2.59. The van der Waals surface area contributed by atoms with Gasteiger partial charge in [-0.05, 0) is 126 Å². The van der Waals surface area contributed by atoms with Gasteiger partial charge >= 0.3 is 11.7 Å². The summed E-state index contributed by atoms with van der Waals surface area (Å²) in [6, 6.07) is 6.28. The molecule has 0 spiro atoms. The van der Waals surface area contributed by atoms with Gasteiger partial charge < -0.3 is 35.1 Å². The number of anilines is 1. The lowest BCUT2D eigenvalue weighted by Gasteiger charge is -2.40. The number of rotatable bonds is 13. The number of hydrazine groups is 1. The van der Waals surface area contributed by atoms with Gasteiger partial charge in [-0.2, -0.15) is 0 Å². The highest BCUT2D eigenvalue weighted by atomic mass is 16.2. The molecule has 5 fully saturated rings. The number of imidazole rings is 1. The highest BCUT2D eigenvalue weighted by Crippen LogP contribution is 2.37. The minimum Gasteiger partial charge on any atom is -0.368 e. The Kier molecular flexibility index (Phi) is 13.9. The Bertz CT molecular complexity index is 1980. The van der Waals surface area contributed by atoms with Gasteiger partial charge in [0.2, 0.25) is 11.8 Å². The number of urea groups is 1. The lowest BCUT2D eigenvalue weighted by atomic mass is 9.71. The van der Waals surface area contributed by atoms with Gasteiger partial charge in [0, 0.05) is 95.3 Å². The van der Waals surface area contributed by atoms with Crippen LogP contribution in [0.25, 0.3) is 11.2 Å². The van der Waals surface area contributed by atoms with Crippen LogP contribution in [0.5, 0.6) is 0 Å². The second-order valence-corrected chi connectivity index (χ2v) is 18.7. The van der Waals surface area contributed by atoms with Crippen molar-refractivity contribution in [3.63, 3.8) is 0 Å². The van der Waals surface area contributed by atoms with Crippen molar-refractivity contribution in [3.05, 3.63) is 53.3 Å². The molecule has 5 aliphatic rings. The summed E-state index contributed by atoms with van der Waals surface area (Å²) in [6.45, 7) is 10.6. The Morgan fingerprint density at radius 2 is 1.59 bits per heavy atom. The third-order valence-corrected chi connectivity index (χ3v) is 14.3. The van der Waals surface area contributed by atoms with E-state index in [9.17, 15) is 19.2 Å². The summed E-state index contributed by atoms with van der Waals surface area (Å²) in [7, 11) is 4.20. The molecule has 0 radical (unpaired) electrons. The molecule has 1 aliphatic carbocycles. The summed E-state index contributed by atoms with van der Waals surface area (Å²) < 4.78 is 1.77. The first-order chi connectivity index (χ1) is 29.6. The van der Waals surface area contributed by atoms with Crippen molar-refractivity contribution in [1.82, 2.24) is 60.6 Å². The van der Waals surface area contributed by atoms with Crippen LogP contribution in [0.1, 0.15) is 64.3 Å². The lowest BCUT2D eigenvalue weighted by molar-refractivity contribution is -0.138. The van der Waals surface area contributed by atoms with Crippen LogP contribution in [0.3, 0.4) is 0 Å². The van der Waals surface area contributed by atoms with Crippen molar-refractivity contribution < 1.29 is 14.4 Å². The van der Waals surface area contributed by atoms with Crippen LogP contribution in [0.15, 0.2) is 47.7 Å². The Morgan fingerprint density at radius 1 is 0.852 bits per heavy atom. The molecule has 4 saturated heterocycles. The summed E-state index contributed by atoms with van der Waals surface area (Å²) in [5, 5.41) is 6.47. The zero-order valence-corrected chi connectivity index (χ0v) is 36.3. The quantitative estimate of drug-likeness (QED) is 0.170. The number of carbonyl (C=O) groups excluding carboxylic acids is 3. The number of aromatic nitrogens is 4. The van der Waals surface area contributed by atoms with Crippen molar-refractivity contribution in [1.29, 1.82) is 0 Å². The predicted molar refractivity (Wildman–Crippen MR) is 235 cm³/mol. The van der Waals surface area contributed by atoms with E-state index in [1.54, 1.807) is 28.1 Å². The van der Waals surface area contributed by atoms with Gasteiger partial charge in [-0.3, -0.25) is 35.0 Å². The molecule has 4 unspecified atom stereocenters. The summed E-state index contributed by atoms with van der Waals surface area (Å²) in [5.41, 5.74) is 9.02. The summed E-state index contributed by atoms with van der Waals surface area (Å²) in [4.78, 5) is 78.5. The number of H-pyrrole nitrogens is 1. The Labute approximate surface area is 359 Å². The van der Waals surface area contributed by atoms with E-state index in [1.165, 1.54) is 0 Å². The van der Waals surface area contributed by atoms with Crippen LogP contribution in [-0.2, 0) is 9.59 Å². The van der Waals surface area contributed by atoms with Gasteiger partial charge in [0.05, 0.1) is 5.52 Å². The second-order valence-electron chi connectivity index (χ2n) is 18.7. The molecular weight excluding hydrogens is 775 g/mol. The number of hydrogen-bond donors (Lipinski definition) is 5. The van der Waals surface area contributed by atoms with Gasteiger partial charge in [-0.25, -0.2) is 14.6 Å². The van der Waals surface area contributed by atoms with Crippen molar-refractivity contribution in [2.24, 2.45) is 23.7 Å². The maximum Gasteiger partial charge on any atom is 0.327 e. The monoisotopic (exact) mass is 842 g/mol. The van der Waals surface area contributed by atoms with E-state index in [-0.39, 0.29) is 35.5 Å². The number of hydrogen-bond acceptors (Lipinski definition) is 11. The van der Waals surface area contributed by atoms with E-state index in [0.717, 1.165) is 69.6 Å². The number of piperidine rings is 2. The second kappa shape index (κ2) is 19.6. The van der Waals surface area contributed by atoms with E-state index < -0.39 is 12.1 Å². The molecule has 0 bridgehead atoms. The average molecular weight is 842 g/mol. The molecule has 332 valence electrons. The van der Waals surface area contributed by atoms with Crippen LogP contribution in [0, 0.1) is 23.7 Å². The van der Waals surface area contributed by atoms with E-state index in [0.29, 0.717) is 94.4 Å². The highest BCUT2D eigenvalue weighted by molar-refractivity contribution is 5.92. The number of piperazine rings is 1. The van der Waals surface area contributed by atoms with E-state index >= 15 is 0 Å². The maximum absolute atomic E-state index is 14.8. The van der Waals surface area contributed by atoms with Crippen LogP contribution in [0.4, 0.5) is 10.5 Å². The highest BCUT2D eigenvalue weighted by Gasteiger charge is 2.41. The number of likely N-dealkylation sites (N-methyl/N-ethyl adjacent to an activating group) is 1. The molecule has 8 rings (SSSR count). The third-order valence-electron chi connectivity index (χ3n) is 14.3. The van der Waals surface area contributed by atoms with E-state index in [2.05, 4.69) is 72.2 Å². The minimum absolute atomic E-state index is 0.0372. The first-order valence-corrected chi connectivity index (χ1v) is 22.8. The normalized spacial score (nSPS) is 25.4. The molecule has 4 amide bonds. The average Bonchev–Trinajstić information content (AvgIpc) is 3.90. The standard InChI is InChI=1S/C44H67N13O4/c1-30-25-32(26-33-29-47-51-39(30)33)28-36(49-43(60)56-17-10-35(11-18-56)57-38-5-4-12-46-40(38)50-44(57)61)41(58)48-37(27-31-8-15-53(16-9-31)20-19-52(2)3)42(59)55-23-21-54(22-24-55)34-6-13-45-14-7-34/h4-7,12-14,30-33,35-37,39,47,51H,8-11,15-29H2,1-3H3,(H,48,58)(H,49,60)(H,46,50,61)/t30?,32?,33?,36-,37+,39?/m1/s1. The van der Waals surface area contributed by atoms with Crippen LogP contribution < -0.4 is 32.1 Å². The first-order valence-electron chi connectivity index (χ1n) is 22.8. The maximum atomic E-state index is 14.8. The van der Waals surface area contributed by atoms with Crippen LogP contribution >= 0.6 is 0 Å². The number of amides is 4.